The fraction of sp³-hybridized carbons (Fsp3) is 0.909. The van der Waals surface area contributed by atoms with Crippen LogP contribution in [0, 0.1) is 11.8 Å². The van der Waals surface area contributed by atoms with Crippen LogP contribution in [0.2, 0.25) is 0 Å². The molecule has 1 amide bonds. The Morgan fingerprint density at radius 2 is 2.21 bits per heavy atom. The summed E-state index contributed by atoms with van der Waals surface area (Å²) in [5.41, 5.74) is 5.69. The summed E-state index contributed by atoms with van der Waals surface area (Å²) in [5, 5.41) is 2.92. The van der Waals surface area contributed by atoms with Crippen molar-refractivity contribution in [1.82, 2.24) is 5.32 Å². The molecule has 3 nitrogen and oxygen atoms in total. The maximum absolute atomic E-state index is 11.4. The SMILES string of the molecule is CCC[C@@H](N)C(=O)NCC(C)C1CC1. The first-order chi connectivity index (χ1) is 6.65. The number of carbonyl (C=O) groups is 1. The molecule has 1 unspecified atom stereocenters. The van der Waals surface area contributed by atoms with Crippen LogP contribution >= 0.6 is 0 Å². The smallest absolute Gasteiger partial charge is 0.236 e. The van der Waals surface area contributed by atoms with Crippen molar-refractivity contribution in [3.8, 4) is 0 Å². The molecule has 1 aliphatic carbocycles. The molecule has 1 saturated carbocycles. The standard InChI is InChI=1S/C11H22N2O/c1-3-4-10(12)11(14)13-7-8(2)9-5-6-9/h8-10H,3-7,12H2,1-2H3,(H,13,14)/t8?,10-/m1/s1. The second-order valence-electron chi connectivity index (χ2n) is 4.46. The van der Waals surface area contributed by atoms with E-state index < -0.39 is 0 Å². The van der Waals surface area contributed by atoms with Gasteiger partial charge in [0.05, 0.1) is 6.04 Å². The summed E-state index contributed by atoms with van der Waals surface area (Å²) in [7, 11) is 0. The van der Waals surface area contributed by atoms with Crippen molar-refractivity contribution in [1.29, 1.82) is 0 Å². The molecule has 0 radical (unpaired) electrons. The normalized spacial score (nSPS) is 20.2. The van der Waals surface area contributed by atoms with Crippen molar-refractivity contribution in [2.24, 2.45) is 17.6 Å². The van der Waals surface area contributed by atoms with Gasteiger partial charge in [-0.3, -0.25) is 4.79 Å². The highest BCUT2D eigenvalue weighted by molar-refractivity contribution is 5.81. The van der Waals surface area contributed by atoms with E-state index in [0.717, 1.165) is 25.3 Å². The fourth-order valence-corrected chi connectivity index (χ4v) is 1.67. The Morgan fingerprint density at radius 1 is 1.57 bits per heavy atom. The van der Waals surface area contributed by atoms with Gasteiger partial charge in [-0.15, -0.1) is 0 Å². The predicted octanol–water partition coefficient (Wildman–Crippen LogP) is 1.28. The molecular formula is C11H22N2O. The number of carbonyl (C=O) groups excluding carboxylic acids is 1. The summed E-state index contributed by atoms with van der Waals surface area (Å²) in [6.45, 7) is 5.03. The van der Waals surface area contributed by atoms with Gasteiger partial charge in [0.25, 0.3) is 0 Å². The zero-order valence-electron chi connectivity index (χ0n) is 9.25. The first-order valence-corrected chi connectivity index (χ1v) is 5.68. The highest BCUT2D eigenvalue weighted by Gasteiger charge is 2.28. The number of hydrogen-bond acceptors (Lipinski definition) is 2. The second-order valence-corrected chi connectivity index (χ2v) is 4.46. The molecule has 0 aromatic heterocycles. The molecule has 82 valence electrons. The molecule has 1 aliphatic rings. The quantitative estimate of drug-likeness (QED) is 0.675. The summed E-state index contributed by atoms with van der Waals surface area (Å²) in [6.07, 6.45) is 4.41. The Labute approximate surface area is 86.4 Å². The predicted molar refractivity (Wildman–Crippen MR) is 57.8 cm³/mol. The van der Waals surface area contributed by atoms with Crippen LogP contribution in [0.4, 0.5) is 0 Å². The summed E-state index contributed by atoms with van der Waals surface area (Å²) < 4.78 is 0. The lowest BCUT2D eigenvalue weighted by atomic mass is 10.1. The molecule has 0 aliphatic heterocycles. The van der Waals surface area contributed by atoms with Crippen molar-refractivity contribution in [2.45, 2.75) is 45.6 Å². The van der Waals surface area contributed by atoms with Crippen molar-refractivity contribution >= 4 is 5.91 Å². The Balaban J connectivity index is 2.12. The summed E-state index contributed by atoms with van der Waals surface area (Å²) >= 11 is 0. The molecule has 1 rings (SSSR count). The first-order valence-electron chi connectivity index (χ1n) is 5.68. The van der Waals surface area contributed by atoms with E-state index in [1.807, 2.05) is 6.92 Å². The molecule has 0 saturated heterocycles. The third-order valence-corrected chi connectivity index (χ3v) is 2.96. The molecule has 3 N–H and O–H groups in total. The van der Waals surface area contributed by atoms with Gasteiger partial charge in [-0.05, 0) is 31.1 Å². The topological polar surface area (TPSA) is 55.1 Å². The minimum atomic E-state index is -0.314. The first kappa shape index (κ1) is 11.5. The highest BCUT2D eigenvalue weighted by Crippen LogP contribution is 2.35. The van der Waals surface area contributed by atoms with Crippen molar-refractivity contribution in [3.63, 3.8) is 0 Å². The number of nitrogens with two attached hydrogens (primary N) is 1. The Bertz CT molecular complexity index is 190. The lowest BCUT2D eigenvalue weighted by Gasteiger charge is -2.14. The number of nitrogens with one attached hydrogen (secondary N) is 1. The highest BCUT2D eigenvalue weighted by atomic mass is 16.2. The minimum absolute atomic E-state index is 0.0133. The number of hydrogen-bond donors (Lipinski definition) is 2. The largest absolute Gasteiger partial charge is 0.354 e. The summed E-state index contributed by atoms with van der Waals surface area (Å²) in [4.78, 5) is 11.4. The molecule has 0 aromatic rings. The lowest BCUT2D eigenvalue weighted by molar-refractivity contribution is -0.122. The third-order valence-electron chi connectivity index (χ3n) is 2.96. The average molecular weight is 198 g/mol. The van der Waals surface area contributed by atoms with Crippen LogP contribution in [0.3, 0.4) is 0 Å². The van der Waals surface area contributed by atoms with Crippen LogP contribution in [-0.4, -0.2) is 18.5 Å². The zero-order chi connectivity index (χ0) is 10.6. The van der Waals surface area contributed by atoms with Gasteiger partial charge < -0.3 is 11.1 Å². The van der Waals surface area contributed by atoms with Gasteiger partial charge in [0.1, 0.15) is 0 Å². The zero-order valence-corrected chi connectivity index (χ0v) is 9.25. The van der Waals surface area contributed by atoms with Gasteiger partial charge in [-0.25, -0.2) is 0 Å². The summed E-state index contributed by atoms with van der Waals surface area (Å²) in [6, 6.07) is -0.314. The van der Waals surface area contributed by atoms with E-state index in [4.69, 9.17) is 5.73 Å². The third kappa shape index (κ3) is 3.66. The van der Waals surface area contributed by atoms with Gasteiger partial charge >= 0.3 is 0 Å². The Morgan fingerprint density at radius 3 is 2.71 bits per heavy atom. The van der Waals surface area contributed by atoms with Gasteiger partial charge in [-0.2, -0.15) is 0 Å². The van der Waals surface area contributed by atoms with E-state index in [1.54, 1.807) is 0 Å². The Hall–Kier alpha value is -0.570. The molecule has 3 heteroatoms. The van der Waals surface area contributed by atoms with Crippen LogP contribution in [-0.2, 0) is 4.79 Å². The molecular weight excluding hydrogens is 176 g/mol. The van der Waals surface area contributed by atoms with E-state index in [0.29, 0.717) is 5.92 Å². The second kappa shape index (κ2) is 5.35. The maximum Gasteiger partial charge on any atom is 0.236 e. The van der Waals surface area contributed by atoms with Crippen molar-refractivity contribution in [2.75, 3.05) is 6.54 Å². The van der Waals surface area contributed by atoms with Crippen molar-refractivity contribution < 1.29 is 4.79 Å². The molecule has 14 heavy (non-hydrogen) atoms. The van der Waals surface area contributed by atoms with E-state index in [1.165, 1.54) is 12.8 Å². The van der Waals surface area contributed by atoms with Gasteiger partial charge in [0.15, 0.2) is 0 Å². The fourth-order valence-electron chi connectivity index (χ4n) is 1.67. The monoisotopic (exact) mass is 198 g/mol. The average Bonchev–Trinajstić information content (AvgIpc) is 2.97. The van der Waals surface area contributed by atoms with Crippen LogP contribution in [0.1, 0.15) is 39.5 Å². The van der Waals surface area contributed by atoms with E-state index in [2.05, 4.69) is 12.2 Å². The molecule has 0 bridgehead atoms. The maximum atomic E-state index is 11.4. The van der Waals surface area contributed by atoms with E-state index in [-0.39, 0.29) is 11.9 Å². The van der Waals surface area contributed by atoms with Crippen LogP contribution in [0.15, 0.2) is 0 Å². The van der Waals surface area contributed by atoms with Crippen LogP contribution in [0.25, 0.3) is 0 Å². The molecule has 0 heterocycles. The molecule has 1 fully saturated rings. The minimum Gasteiger partial charge on any atom is -0.354 e. The molecule has 2 atom stereocenters. The number of rotatable bonds is 6. The van der Waals surface area contributed by atoms with Gasteiger partial charge in [0.2, 0.25) is 5.91 Å². The van der Waals surface area contributed by atoms with Crippen LogP contribution in [0.5, 0.6) is 0 Å². The van der Waals surface area contributed by atoms with Gasteiger partial charge in [-0.1, -0.05) is 20.3 Å². The van der Waals surface area contributed by atoms with E-state index >= 15 is 0 Å². The van der Waals surface area contributed by atoms with Gasteiger partial charge in [0, 0.05) is 6.54 Å². The van der Waals surface area contributed by atoms with E-state index in [9.17, 15) is 4.79 Å². The molecule has 0 aromatic carbocycles. The Kier molecular flexibility index (Phi) is 4.39. The van der Waals surface area contributed by atoms with Crippen molar-refractivity contribution in [3.05, 3.63) is 0 Å². The molecule has 0 spiro atoms. The number of amides is 1. The van der Waals surface area contributed by atoms with Crippen LogP contribution < -0.4 is 11.1 Å². The summed E-state index contributed by atoms with van der Waals surface area (Å²) in [5.74, 6) is 1.48. The lowest BCUT2D eigenvalue weighted by Crippen LogP contribution is -2.42.